The highest BCUT2D eigenvalue weighted by atomic mass is 79.9. The van der Waals surface area contributed by atoms with Crippen LogP contribution in [0, 0.1) is 0 Å². The molecule has 27 heavy (non-hydrogen) atoms. The maximum Gasteiger partial charge on any atom is 0.260 e. The first-order valence-corrected chi connectivity index (χ1v) is 9.97. The van der Waals surface area contributed by atoms with Gasteiger partial charge in [-0.25, -0.2) is 0 Å². The van der Waals surface area contributed by atoms with E-state index in [2.05, 4.69) is 15.9 Å². The topological polar surface area (TPSA) is 48.0 Å². The summed E-state index contributed by atoms with van der Waals surface area (Å²) in [5.74, 6) is 2.18. The van der Waals surface area contributed by atoms with Gasteiger partial charge in [0.05, 0.1) is 13.2 Å². The van der Waals surface area contributed by atoms with E-state index in [0.717, 1.165) is 28.0 Å². The summed E-state index contributed by atoms with van der Waals surface area (Å²) >= 11 is 3.39. The van der Waals surface area contributed by atoms with Gasteiger partial charge in [0.15, 0.2) is 18.1 Å². The van der Waals surface area contributed by atoms with E-state index < -0.39 is 0 Å². The van der Waals surface area contributed by atoms with Crippen LogP contribution >= 0.6 is 15.9 Å². The molecule has 0 saturated heterocycles. The first-order valence-electron chi connectivity index (χ1n) is 9.18. The fraction of sp³-hybridized carbons (Fsp3) is 0.381. The SMILES string of the molecule is CCOc1cc2c(cc1OCC)CN(C(=O)COc1ccc(Br)cc1)CC2. The number of amides is 1. The second kappa shape index (κ2) is 9.13. The Hall–Kier alpha value is -2.21. The Kier molecular flexibility index (Phi) is 6.61. The third kappa shape index (κ3) is 4.95. The summed E-state index contributed by atoms with van der Waals surface area (Å²) in [6, 6.07) is 11.5. The van der Waals surface area contributed by atoms with Gasteiger partial charge in [-0.15, -0.1) is 0 Å². The number of benzene rings is 2. The van der Waals surface area contributed by atoms with Crippen molar-refractivity contribution in [3.8, 4) is 17.2 Å². The van der Waals surface area contributed by atoms with Crippen LogP contribution in [0.25, 0.3) is 0 Å². The number of nitrogens with zero attached hydrogens (tertiary/aromatic N) is 1. The molecule has 5 nitrogen and oxygen atoms in total. The van der Waals surface area contributed by atoms with E-state index in [9.17, 15) is 4.79 Å². The minimum atomic E-state index is -0.0181. The first-order chi connectivity index (χ1) is 13.1. The van der Waals surface area contributed by atoms with Crippen LogP contribution in [0.4, 0.5) is 0 Å². The van der Waals surface area contributed by atoms with E-state index in [0.29, 0.717) is 32.1 Å². The van der Waals surface area contributed by atoms with Gasteiger partial charge < -0.3 is 19.1 Å². The van der Waals surface area contributed by atoms with Gasteiger partial charge in [0, 0.05) is 17.6 Å². The number of carbonyl (C=O) groups is 1. The lowest BCUT2D eigenvalue weighted by Crippen LogP contribution is -2.38. The van der Waals surface area contributed by atoms with E-state index in [1.807, 2.05) is 55.1 Å². The van der Waals surface area contributed by atoms with Crippen molar-refractivity contribution in [3.05, 3.63) is 52.0 Å². The normalized spacial score (nSPS) is 13.1. The van der Waals surface area contributed by atoms with Crippen LogP contribution in [0.2, 0.25) is 0 Å². The smallest absolute Gasteiger partial charge is 0.260 e. The largest absolute Gasteiger partial charge is 0.490 e. The first kappa shape index (κ1) is 19.5. The van der Waals surface area contributed by atoms with Gasteiger partial charge in [0.2, 0.25) is 0 Å². The zero-order valence-corrected chi connectivity index (χ0v) is 17.3. The number of hydrogen-bond acceptors (Lipinski definition) is 4. The van der Waals surface area contributed by atoms with Crippen molar-refractivity contribution in [2.75, 3.05) is 26.4 Å². The number of carbonyl (C=O) groups excluding carboxylic acids is 1. The molecule has 0 spiro atoms. The number of halogens is 1. The van der Waals surface area contributed by atoms with Gasteiger partial charge in [0.25, 0.3) is 5.91 Å². The average Bonchev–Trinajstić information content (AvgIpc) is 2.68. The Balaban J connectivity index is 1.66. The Bertz CT molecular complexity index is 792. The summed E-state index contributed by atoms with van der Waals surface area (Å²) in [5, 5.41) is 0. The molecule has 2 aromatic carbocycles. The molecule has 0 aliphatic carbocycles. The fourth-order valence-corrected chi connectivity index (χ4v) is 3.35. The summed E-state index contributed by atoms with van der Waals surface area (Å²) in [5.41, 5.74) is 2.31. The van der Waals surface area contributed by atoms with E-state index in [1.165, 1.54) is 5.56 Å². The van der Waals surface area contributed by atoms with Crippen LogP contribution in [-0.4, -0.2) is 37.2 Å². The molecule has 0 bridgehead atoms. The number of rotatable bonds is 7. The second-order valence-corrected chi connectivity index (χ2v) is 7.16. The molecule has 1 amide bonds. The molecule has 1 aliphatic heterocycles. The quantitative estimate of drug-likeness (QED) is 0.655. The molecular weight excluding hydrogens is 410 g/mol. The van der Waals surface area contributed by atoms with E-state index in [4.69, 9.17) is 14.2 Å². The molecule has 0 radical (unpaired) electrons. The molecule has 1 aliphatic rings. The lowest BCUT2D eigenvalue weighted by atomic mass is 9.98. The predicted octanol–water partition coefficient (Wildman–Crippen LogP) is 4.21. The van der Waals surface area contributed by atoms with Crippen LogP contribution < -0.4 is 14.2 Å². The number of ether oxygens (including phenoxy) is 3. The Morgan fingerprint density at radius 2 is 1.63 bits per heavy atom. The highest BCUT2D eigenvalue weighted by Gasteiger charge is 2.23. The molecule has 0 aromatic heterocycles. The van der Waals surface area contributed by atoms with Crippen molar-refractivity contribution >= 4 is 21.8 Å². The van der Waals surface area contributed by atoms with Gasteiger partial charge in [-0.3, -0.25) is 4.79 Å². The third-order valence-corrected chi connectivity index (χ3v) is 4.94. The molecular formula is C21H24BrNO4. The molecule has 6 heteroatoms. The molecule has 0 atom stereocenters. The molecule has 0 fully saturated rings. The molecule has 144 valence electrons. The monoisotopic (exact) mass is 433 g/mol. The molecule has 2 aromatic rings. The Morgan fingerprint density at radius 1 is 1.00 bits per heavy atom. The minimum absolute atomic E-state index is 0.0181. The zero-order valence-electron chi connectivity index (χ0n) is 15.7. The third-order valence-electron chi connectivity index (χ3n) is 4.41. The Labute approximate surface area is 168 Å². The fourth-order valence-electron chi connectivity index (χ4n) is 3.08. The highest BCUT2D eigenvalue weighted by molar-refractivity contribution is 9.10. The van der Waals surface area contributed by atoms with Crippen molar-refractivity contribution in [2.24, 2.45) is 0 Å². The Morgan fingerprint density at radius 3 is 2.26 bits per heavy atom. The van der Waals surface area contributed by atoms with Gasteiger partial charge in [-0.2, -0.15) is 0 Å². The summed E-state index contributed by atoms with van der Waals surface area (Å²) < 4.78 is 18.0. The van der Waals surface area contributed by atoms with Crippen molar-refractivity contribution < 1.29 is 19.0 Å². The van der Waals surface area contributed by atoms with E-state index in [-0.39, 0.29) is 12.5 Å². The van der Waals surface area contributed by atoms with Crippen LogP contribution in [0.5, 0.6) is 17.2 Å². The average molecular weight is 434 g/mol. The molecule has 3 rings (SSSR count). The van der Waals surface area contributed by atoms with Crippen LogP contribution in [0.1, 0.15) is 25.0 Å². The van der Waals surface area contributed by atoms with E-state index >= 15 is 0 Å². The minimum Gasteiger partial charge on any atom is -0.490 e. The molecule has 0 N–H and O–H groups in total. The maximum atomic E-state index is 12.6. The summed E-state index contributed by atoms with van der Waals surface area (Å²) in [6.07, 6.45) is 0.797. The highest BCUT2D eigenvalue weighted by Crippen LogP contribution is 2.34. The molecule has 1 heterocycles. The maximum absolute atomic E-state index is 12.6. The second-order valence-electron chi connectivity index (χ2n) is 6.24. The molecule has 0 unspecified atom stereocenters. The van der Waals surface area contributed by atoms with Crippen LogP contribution in [0.15, 0.2) is 40.9 Å². The van der Waals surface area contributed by atoms with Crippen LogP contribution in [-0.2, 0) is 17.8 Å². The van der Waals surface area contributed by atoms with Crippen molar-refractivity contribution in [2.45, 2.75) is 26.8 Å². The van der Waals surface area contributed by atoms with Gasteiger partial charge in [0.1, 0.15) is 5.75 Å². The summed E-state index contributed by atoms with van der Waals surface area (Å²) in [6.45, 7) is 6.34. The number of hydrogen-bond donors (Lipinski definition) is 0. The predicted molar refractivity (Wildman–Crippen MR) is 108 cm³/mol. The van der Waals surface area contributed by atoms with Crippen molar-refractivity contribution in [1.29, 1.82) is 0 Å². The van der Waals surface area contributed by atoms with Gasteiger partial charge in [-0.1, -0.05) is 15.9 Å². The molecule has 0 saturated carbocycles. The van der Waals surface area contributed by atoms with E-state index in [1.54, 1.807) is 0 Å². The zero-order chi connectivity index (χ0) is 19.2. The van der Waals surface area contributed by atoms with Gasteiger partial charge >= 0.3 is 0 Å². The lowest BCUT2D eigenvalue weighted by molar-refractivity contribution is -0.134. The summed E-state index contributed by atoms with van der Waals surface area (Å²) in [7, 11) is 0. The van der Waals surface area contributed by atoms with Gasteiger partial charge in [-0.05, 0) is 67.8 Å². The summed E-state index contributed by atoms with van der Waals surface area (Å²) in [4.78, 5) is 14.4. The van der Waals surface area contributed by atoms with Crippen LogP contribution in [0.3, 0.4) is 0 Å². The number of fused-ring (bicyclic) bond motifs is 1. The lowest BCUT2D eigenvalue weighted by Gasteiger charge is -2.29. The van der Waals surface area contributed by atoms with Crippen molar-refractivity contribution in [3.63, 3.8) is 0 Å². The van der Waals surface area contributed by atoms with Crippen molar-refractivity contribution in [1.82, 2.24) is 4.90 Å². The standard InChI is InChI=1S/C21H24BrNO4/c1-3-25-19-11-15-9-10-23(13-16(15)12-20(19)26-4-2)21(24)14-27-18-7-5-17(22)6-8-18/h5-8,11-12H,3-4,9-10,13-14H2,1-2H3.